The number of rotatable bonds is 1. The van der Waals surface area contributed by atoms with Crippen molar-refractivity contribution in [3.05, 3.63) is 35.4 Å². The van der Waals surface area contributed by atoms with E-state index in [2.05, 4.69) is 0 Å². The van der Waals surface area contributed by atoms with Crippen molar-refractivity contribution in [3.63, 3.8) is 0 Å². The number of amides is 4. The van der Waals surface area contributed by atoms with Gasteiger partial charge in [-0.3, -0.25) is 9.59 Å². The quantitative estimate of drug-likeness (QED) is 0.709. The Kier molecular flexibility index (Phi) is 5.03. The third kappa shape index (κ3) is 2.97. The lowest BCUT2D eigenvalue weighted by Crippen LogP contribution is -2.53. The molecule has 1 aromatic rings. The summed E-state index contributed by atoms with van der Waals surface area (Å²) < 4.78 is 0. The molecule has 0 bridgehead atoms. The molecule has 4 rings (SSSR count). The molecule has 0 aromatic heterocycles. The van der Waals surface area contributed by atoms with E-state index >= 15 is 0 Å². The topological polar surface area (TPSA) is 64.2 Å². The maximum absolute atomic E-state index is 13.3. The van der Waals surface area contributed by atoms with Crippen molar-refractivity contribution in [1.82, 2.24) is 19.6 Å². The van der Waals surface area contributed by atoms with E-state index in [4.69, 9.17) is 0 Å². The second-order valence-electron chi connectivity index (χ2n) is 9.48. The summed E-state index contributed by atoms with van der Waals surface area (Å²) in [6.45, 7) is 5.01. The zero-order valence-electron chi connectivity index (χ0n) is 18.5. The van der Waals surface area contributed by atoms with Crippen LogP contribution in [-0.4, -0.2) is 91.3 Å². The Morgan fingerprint density at radius 1 is 0.967 bits per heavy atom. The highest BCUT2D eigenvalue weighted by Crippen LogP contribution is 2.57. The highest BCUT2D eigenvalue weighted by Gasteiger charge is 2.65. The van der Waals surface area contributed by atoms with Gasteiger partial charge in [-0.15, -0.1) is 0 Å². The van der Waals surface area contributed by atoms with Crippen molar-refractivity contribution in [2.45, 2.75) is 26.2 Å². The standard InChI is InChI=1S/C23H32N4O3/c1-17-7-5-6-8-18(17)19(28)26-13-9-22(10-14-26)15-27(21(30)24(2)3)16-23(22)11-12-25(4)20(23)29/h5-8H,9-16H2,1-4H3/t23-/m1/s1. The number of aryl methyl sites for hydroxylation is 1. The van der Waals surface area contributed by atoms with E-state index in [0.29, 0.717) is 26.2 Å². The smallest absolute Gasteiger partial charge is 0.319 e. The molecule has 0 radical (unpaired) electrons. The van der Waals surface area contributed by atoms with Crippen molar-refractivity contribution in [2.75, 3.05) is 53.9 Å². The summed E-state index contributed by atoms with van der Waals surface area (Å²) in [4.78, 5) is 46.3. The molecule has 0 unspecified atom stereocenters. The summed E-state index contributed by atoms with van der Waals surface area (Å²) in [7, 11) is 5.37. The number of likely N-dealkylation sites (tertiary alicyclic amines) is 3. The fourth-order valence-electron chi connectivity index (χ4n) is 5.81. The van der Waals surface area contributed by atoms with E-state index < -0.39 is 5.41 Å². The molecule has 30 heavy (non-hydrogen) atoms. The van der Waals surface area contributed by atoms with E-state index in [0.717, 1.165) is 36.9 Å². The second-order valence-corrected chi connectivity index (χ2v) is 9.48. The van der Waals surface area contributed by atoms with Crippen LogP contribution in [0.2, 0.25) is 0 Å². The molecule has 2 spiro atoms. The van der Waals surface area contributed by atoms with Crippen LogP contribution in [0.3, 0.4) is 0 Å². The van der Waals surface area contributed by atoms with Crippen molar-refractivity contribution < 1.29 is 14.4 Å². The zero-order chi connectivity index (χ0) is 21.7. The third-order valence-corrected chi connectivity index (χ3v) is 7.64. The summed E-state index contributed by atoms with van der Waals surface area (Å²) >= 11 is 0. The van der Waals surface area contributed by atoms with Crippen LogP contribution in [0.25, 0.3) is 0 Å². The fraction of sp³-hybridized carbons (Fsp3) is 0.609. The number of urea groups is 1. The summed E-state index contributed by atoms with van der Waals surface area (Å²) in [6, 6.07) is 7.65. The zero-order valence-corrected chi connectivity index (χ0v) is 18.5. The molecular weight excluding hydrogens is 380 g/mol. The maximum Gasteiger partial charge on any atom is 0.319 e. The number of hydrogen-bond donors (Lipinski definition) is 0. The third-order valence-electron chi connectivity index (χ3n) is 7.64. The first kappa shape index (κ1) is 20.7. The first-order valence-electron chi connectivity index (χ1n) is 10.8. The Hall–Kier alpha value is -2.57. The molecule has 7 nitrogen and oxygen atoms in total. The molecule has 3 aliphatic heterocycles. The molecule has 3 aliphatic rings. The molecule has 7 heteroatoms. The van der Waals surface area contributed by atoms with Crippen molar-refractivity contribution in [3.8, 4) is 0 Å². The normalized spacial score (nSPS) is 25.5. The number of nitrogens with zero attached hydrogens (tertiary/aromatic N) is 4. The largest absolute Gasteiger partial charge is 0.345 e. The molecule has 162 valence electrons. The van der Waals surface area contributed by atoms with Gasteiger partial charge in [-0.25, -0.2) is 4.79 Å². The molecule has 4 amide bonds. The lowest BCUT2D eigenvalue weighted by molar-refractivity contribution is -0.141. The lowest BCUT2D eigenvalue weighted by atomic mass is 9.60. The fourth-order valence-corrected chi connectivity index (χ4v) is 5.81. The predicted octanol–water partition coefficient (Wildman–Crippen LogP) is 2.06. The Morgan fingerprint density at radius 3 is 2.20 bits per heavy atom. The van der Waals surface area contributed by atoms with E-state index in [1.54, 1.807) is 19.0 Å². The summed E-state index contributed by atoms with van der Waals surface area (Å²) in [5.41, 5.74) is 0.944. The number of piperidine rings is 1. The highest BCUT2D eigenvalue weighted by molar-refractivity contribution is 5.95. The molecular formula is C23H32N4O3. The Balaban J connectivity index is 1.58. The molecule has 3 fully saturated rings. The molecule has 3 saturated heterocycles. The molecule has 0 N–H and O–H groups in total. The summed E-state index contributed by atoms with van der Waals surface area (Å²) in [5, 5.41) is 0. The van der Waals surface area contributed by atoms with Crippen LogP contribution in [0.5, 0.6) is 0 Å². The van der Waals surface area contributed by atoms with Gasteiger partial charge in [0.25, 0.3) is 5.91 Å². The van der Waals surface area contributed by atoms with Gasteiger partial charge in [-0.1, -0.05) is 18.2 Å². The van der Waals surface area contributed by atoms with Gasteiger partial charge in [-0.2, -0.15) is 0 Å². The first-order chi connectivity index (χ1) is 14.2. The van der Waals surface area contributed by atoms with Crippen LogP contribution in [0.1, 0.15) is 35.2 Å². The Bertz CT molecular complexity index is 875. The van der Waals surface area contributed by atoms with Crippen molar-refractivity contribution in [1.29, 1.82) is 0 Å². The van der Waals surface area contributed by atoms with Crippen LogP contribution in [0.15, 0.2) is 24.3 Å². The van der Waals surface area contributed by atoms with Gasteiger partial charge in [-0.05, 0) is 37.8 Å². The van der Waals surface area contributed by atoms with E-state index in [9.17, 15) is 14.4 Å². The van der Waals surface area contributed by atoms with Gasteiger partial charge in [0.2, 0.25) is 5.91 Å². The van der Waals surface area contributed by atoms with Gasteiger partial charge < -0.3 is 19.6 Å². The van der Waals surface area contributed by atoms with Gasteiger partial charge in [0.1, 0.15) is 0 Å². The maximum atomic E-state index is 13.3. The van der Waals surface area contributed by atoms with E-state index in [1.165, 1.54) is 0 Å². The van der Waals surface area contributed by atoms with Gasteiger partial charge in [0, 0.05) is 64.8 Å². The Morgan fingerprint density at radius 2 is 1.63 bits per heavy atom. The molecule has 1 atom stereocenters. The highest BCUT2D eigenvalue weighted by atomic mass is 16.2. The van der Waals surface area contributed by atoms with Crippen LogP contribution < -0.4 is 0 Å². The predicted molar refractivity (Wildman–Crippen MR) is 114 cm³/mol. The number of carbonyl (C=O) groups is 3. The van der Waals surface area contributed by atoms with Crippen LogP contribution in [0.4, 0.5) is 4.79 Å². The van der Waals surface area contributed by atoms with Crippen LogP contribution in [-0.2, 0) is 4.79 Å². The monoisotopic (exact) mass is 412 g/mol. The molecule has 0 aliphatic carbocycles. The Labute approximate surface area is 178 Å². The minimum atomic E-state index is -0.523. The molecule has 0 saturated carbocycles. The first-order valence-corrected chi connectivity index (χ1v) is 10.8. The van der Waals surface area contributed by atoms with Crippen LogP contribution >= 0.6 is 0 Å². The SMILES string of the molecule is Cc1ccccc1C(=O)N1CCC2(CC1)CN(C(=O)N(C)C)C[C@@]21CCN(C)C1=O. The molecule has 1 aromatic carbocycles. The van der Waals surface area contributed by atoms with Crippen LogP contribution in [0, 0.1) is 17.8 Å². The van der Waals surface area contributed by atoms with E-state index in [-0.39, 0.29) is 23.3 Å². The minimum Gasteiger partial charge on any atom is -0.345 e. The minimum absolute atomic E-state index is 0.0352. The van der Waals surface area contributed by atoms with Gasteiger partial charge >= 0.3 is 6.03 Å². The van der Waals surface area contributed by atoms with Crippen molar-refractivity contribution in [2.24, 2.45) is 10.8 Å². The number of benzene rings is 1. The average Bonchev–Trinajstić information content (AvgIpc) is 3.20. The second kappa shape index (κ2) is 7.29. The van der Waals surface area contributed by atoms with E-state index in [1.807, 2.05) is 52.9 Å². The summed E-state index contributed by atoms with van der Waals surface area (Å²) in [6.07, 6.45) is 2.29. The lowest BCUT2D eigenvalue weighted by Gasteiger charge is -2.46. The van der Waals surface area contributed by atoms with Crippen molar-refractivity contribution >= 4 is 17.8 Å². The number of fused-ring (bicyclic) bond motifs is 1. The summed E-state index contributed by atoms with van der Waals surface area (Å²) in [5.74, 6) is 0.223. The van der Waals surface area contributed by atoms with Gasteiger partial charge in [0.05, 0.1) is 5.41 Å². The van der Waals surface area contributed by atoms with Gasteiger partial charge in [0.15, 0.2) is 0 Å². The number of hydrogen-bond acceptors (Lipinski definition) is 3. The number of carbonyl (C=O) groups excluding carboxylic acids is 3. The molecule has 3 heterocycles. The average molecular weight is 413 g/mol.